The van der Waals surface area contributed by atoms with Crippen molar-refractivity contribution in [3.05, 3.63) is 151 Å². The van der Waals surface area contributed by atoms with Gasteiger partial charge in [0.15, 0.2) is 0 Å². The van der Waals surface area contributed by atoms with Gasteiger partial charge in [-0.2, -0.15) is 0 Å². The van der Waals surface area contributed by atoms with Crippen LogP contribution in [0.3, 0.4) is 0 Å². The van der Waals surface area contributed by atoms with Crippen molar-refractivity contribution in [3.63, 3.8) is 0 Å². The molecule has 0 fully saturated rings. The van der Waals surface area contributed by atoms with Crippen molar-refractivity contribution in [2.45, 2.75) is 6.92 Å². The fourth-order valence-corrected chi connectivity index (χ4v) is 6.74. The molecular formula is C41H28O. The molecule has 0 bridgehead atoms. The predicted octanol–water partition coefficient (Wildman–Crippen LogP) is 11.9. The SMILES string of the molecule is C=C/C=C\c1c(C)ccc2c1oc1cccc(-c3c4ccccc4c(-c4cccc5ccccc45)c4ccccc34)c12. The molecule has 42 heavy (non-hydrogen) atoms. The molecule has 0 unspecified atom stereocenters. The summed E-state index contributed by atoms with van der Waals surface area (Å²) in [5, 5.41) is 9.76. The Bertz CT molecular complexity index is 2320. The summed E-state index contributed by atoms with van der Waals surface area (Å²) in [5.74, 6) is 0. The van der Waals surface area contributed by atoms with Gasteiger partial charge in [0.2, 0.25) is 0 Å². The van der Waals surface area contributed by atoms with Gasteiger partial charge in [-0.25, -0.2) is 0 Å². The molecule has 0 saturated carbocycles. The van der Waals surface area contributed by atoms with Gasteiger partial charge in [0.25, 0.3) is 0 Å². The van der Waals surface area contributed by atoms with Crippen LogP contribution in [0.15, 0.2) is 144 Å². The number of hydrogen-bond donors (Lipinski definition) is 0. The zero-order chi connectivity index (χ0) is 28.2. The molecule has 0 spiro atoms. The molecule has 7 aromatic carbocycles. The van der Waals surface area contributed by atoms with Crippen LogP contribution in [0.2, 0.25) is 0 Å². The Morgan fingerprint density at radius 1 is 0.548 bits per heavy atom. The lowest BCUT2D eigenvalue weighted by molar-refractivity contribution is 0.667. The number of hydrogen-bond acceptors (Lipinski definition) is 1. The van der Waals surface area contributed by atoms with Gasteiger partial charge < -0.3 is 4.42 Å². The summed E-state index contributed by atoms with van der Waals surface area (Å²) in [6, 6.07) is 43.9. The fourth-order valence-electron chi connectivity index (χ4n) is 6.74. The van der Waals surface area contributed by atoms with E-state index in [0.717, 1.165) is 27.5 Å². The lowest BCUT2D eigenvalue weighted by Gasteiger charge is -2.19. The highest BCUT2D eigenvalue weighted by Crippen LogP contribution is 2.48. The van der Waals surface area contributed by atoms with E-state index in [0.29, 0.717) is 0 Å². The highest BCUT2D eigenvalue weighted by atomic mass is 16.3. The Labute approximate surface area is 244 Å². The van der Waals surface area contributed by atoms with Crippen molar-refractivity contribution in [2.75, 3.05) is 0 Å². The largest absolute Gasteiger partial charge is 0.455 e. The topological polar surface area (TPSA) is 13.1 Å². The zero-order valence-corrected chi connectivity index (χ0v) is 23.4. The molecule has 8 aromatic rings. The monoisotopic (exact) mass is 536 g/mol. The van der Waals surface area contributed by atoms with E-state index in [4.69, 9.17) is 4.42 Å². The molecule has 0 aliphatic carbocycles. The van der Waals surface area contributed by atoms with E-state index in [1.807, 2.05) is 12.2 Å². The van der Waals surface area contributed by atoms with Crippen LogP contribution < -0.4 is 0 Å². The van der Waals surface area contributed by atoms with Crippen molar-refractivity contribution in [3.8, 4) is 22.3 Å². The molecule has 0 aliphatic rings. The minimum Gasteiger partial charge on any atom is -0.455 e. The summed E-state index contributed by atoms with van der Waals surface area (Å²) in [7, 11) is 0. The average Bonchev–Trinajstić information content (AvgIpc) is 3.42. The molecule has 198 valence electrons. The third-order valence-electron chi connectivity index (χ3n) is 8.58. The van der Waals surface area contributed by atoms with Crippen molar-refractivity contribution in [1.29, 1.82) is 0 Å². The summed E-state index contributed by atoms with van der Waals surface area (Å²) in [5.41, 5.74) is 9.04. The molecular weight excluding hydrogens is 508 g/mol. The van der Waals surface area contributed by atoms with Crippen LogP contribution in [-0.2, 0) is 0 Å². The molecule has 0 amide bonds. The highest BCUT2D eigenvalue weighted by molar-refractivity contribution is 6.27. The van der Waals surface area contributed by atoms with Crippen molar-refractivity contribution in [2.24, 2.45) is 0 Å². The lowest BCUT2D eigenvalue weighted by Crippen LogP contribution is -1.92. The number of rotatable bonds is 4. The van der Waals surface area contributed by atoms with Crippen LogP contribution in [0, 0.1) is 6.92 Å². The normalized spacial score (nSPS) is 11.9. The Morgan fingerprint density at radius 2 is 1.12 bits per heavy atom. The average molecular weight is 537 g/mol. The molecule has 1 aromatic heterocycles. The van der Waals surface area contributed by atoms with Crippen LogP contribution in [0.5, 0.6) is 0 Å². The Hall–Kier alpha value is -5.40. The Morgan fingerprint density at radius 3 is 1.81 bits per heavy atom. The number of benzene rings is 7. The molecule has 1 nitrogen and oxygen atoms in total. The molecule has 1 heteroatoms. The molecule has 0 aliphatic heterocycles. The van der Waals surface area contributed by atoms with Gasteiger partial charge in [0.1, 0.15) is 11.2 Å². The van der Waals surface area contributed by atoms with Crippen LogP contribution >= 0.6 is 0 Å². The number of allylic oxidation sites excluding steroid dienone is 2. The van der Waals surface area contributed by atoms with Crippen molar-refractivity contribution < 1.29 is 4.42 Å². The fraction of sp³-hybridized carbons (Fsp3) is 0.0244. The zero-order valence-electron chi connectivity index (χ0n) is 23.4. The number of fused-ring (bicyclic) bond motifs is 6. The van der Waals surface area contributed by atoms with Crippen molar-refractivity contribution >= 4 is 60.3 Å². The highest BCUT2D eigenvalue weighted by Gasteiger charge is 2.21. The van der Waals surface area contributed by atoms with Crippen LogP contribution in [-0.4, -0.2) is 0 Å². The van der Waals surface area contributed by atoms with Crippen LogP contribution in [0.1, 0.15) is 11.1 Å². The van der Waals surface area contributed by atoms with Crippen LogP contribution in [0.4, 0.5) is 0 Å². The lowest BCUT2D eigenvalue weighted by atomic mass is 9.84. The Kier molecular flexibility index (Phi) is 5.58. The first-order valence-electron chi connectivity index (χ1n) is 14.4. The maximum Gasteiger partial charge on any atom is 0.142 e. The van der Waals surface area contributed by atoms with Crippen molar-refractivity contribution in [1.82, 2.24) is 0 Å². The van der Waals surface area contributed by atoms with Gasteiger partial charge in [-0.15, -0.1) is 0 Å². The standard InChI is InChI=1S/C41H28O/c1-3-4-15-28-26(2)24-25-36-40-35(22-12-23-37(40)42-41(28)36)39-33-19-9-7-17-31(33)38(32-18-8-10-20-34(32)39)30-21-11-14-27-13-5-6-16-29(27)30/h3-25H,1H2,2H3/b15-4-. The van der Waals surface area contributed by atoms with Gasteiger partial charge in [0, 0.05) is 16.3 Å². The molecule has 1 heterocycles. The third-order valence-corrected chi connectivity index (χ3v) is 8.58. The van der Waals surface area contributed by atoms with Gasteiger partial charge in [-0.3, -0.25) is 0 Å². The van der Waals surface area contributed by atoms with E-state index in [-0.39, 0.29) is 0 Å². The molecule has 0 saturated heterocycles. The molecule has 0 N–H and O–H groups in total. The number of aryl methyl sites for hydroxylation is 1. The summed E-state index contributed by atoms with van der Waals surface area (Å²) in [6.45, 7) is 6.00. The maximum atomic E-state index is 6.60. The van der Waals surface area contributed by atoms with E-state index in [9.17, 15) is 0 Å². The summed E-state index contributed by atoms with van der Waals surface area (Å²) < 4.78 is 6.60. The van der Waals surface area contributed by atoms with E-state index in [1.54, 1.807) is 0 Å². The second-order valence-corrected chi connectivity index (χ2v) is 10.9. The van der Waals surface area contributed by atoms with E-state index < -0.39 is 0 Å². The van der Waals surface area contributed by atoms with Gasteiger partial charge in [-0.1, -0.05) is 140 Å². The molecule has 8 rings (SSSR count). The van der Waals surface area contributed by atoms with E-state index in [1.165, 1.54) is 60.1 Å². The van der Waals surface area contributed by atoms with Gasteiger partial charge in [-0.05, 0) is 73.1 Å². The summed E-state index contributed by atoms with van der Waals surface area (Å²) >= 11 is 0. The van der Waals surface area contributed by atoms with Gasteiger partial charge >= 0.3 is 0 Å². The maximum absolute atomic E-state index is 6.60. The Balaban J connectivity index is 1.54. The first-order valence-corrected chi connectivity index (χ1v) is 14.4. The summed E-state index contributed by atoms with van der Waals surface area (Å²) in [6.07, 6.45) is 5.88. The van der Waals surface area contributed by atoms with E-state index in [2.05, 4.69) is 141 Å². The quantitative estimate of drug-likeness (QED) is 0.161. The molecule has 0 radical (unpaired) electrons. The first kappa shape index (κ1) is 24.4. The minimum atomic E-state index is 0.896. The second kappa shape index (κ2) is 9.61. The summed E-state index contributed by atoms with van der Waals surface area (Å²) in [4.78, 5) is 0. The minimum absolute atomic E-state index is 0.896. The second-order valence-electron chi connectivity index (χ2n) is 10.9. The first-order chi connectivity index (χ1) is 20.7. The smallest absolute Gasteiger partial charge is 0.142 e. The van der Waals surface area contributed by atoms with E-state index >= 15 is 0 Å². The predicted molar refractivity (Wildman–Crippen MR) is 181 cm³/mol. The van der Waals surface area contributed by atoms with Gasteiger partial charge in [0.05, 0.1) is 0 Å². The molecule has 0 atom stereocenters. The number of furan rings is 1. The van der Waals surface area contributed by atoms with Crippen LogP contribution in [0.25, 0.3) is 82.6 Å². The third kappa shape index (κ3) is 3.57.